The quantitative estimate of drug-likeness (QED) is 0.175. The molecule has 0 bridgehead atoms. The van der Waals surface area contributed by atoms with Crippen molar-refractivity contribution in [1.29, 1.82) is 0 Å². The number of para-hydroxylation sites is 3. The smallest absolute Gasteiger partial charge is 0.135 e. The average molecular weight is 1010 g/mol. The second kappa shape index (κ2) is 16.3. The van der Waals surface area contributed by atoms with Gasteiger partial charge in [0.05, 0.1) is 16.8 Å². The van der Waals surface area contributed by atoms with E-state index in [1.165, 1.54) is 94.6 Å². The van der Waals surface area contributed by atoms with Gasteiger partial charge in [-0.2, -0.15) is 0 Å². The van der Waals surface area contributed by atoms with Gasteiger partial charge in [0.1, 0.15) is 11.2 Å². The van der Waals surface area contributed by atoms with E-state index in [2.05, 4.69) is 291 Å². The summed E-state index contributed by atoms with van der Waals surface area (Å²) >= 11 is 0. The van der Waals surface area contributed by atoms with Crippen molar-refractivity contribution in [3.05, 3.63) is 300 Å². The van der Waals surface area contributed by atoms with Gasteiger partial charge in [0, 0.05) is 50.1 Å². The zero-order valence-corrected chi connectivity index (χ0v) is 43.7. The summed E-state index contributed by atoms with van der Waals surface area (Å²) in [6.07, 6.45) is 0. The number of benzene rings is 12. The van der Waals surface area contributed by atoms with Gasteiger partial charge in [-0.05, 0) is 168 Å². The molecular formula is C76H50N2O. The summed E-state index contributed by atoms with van der Waals surface area (Å²) < 4.78 is 6.80. The van der Waals surface area contributed by atoms with Crippen molar-refractivity contribution < 1.29 is 4.42 Å². The monoisotopic (exact) mass is 1010 g/mol. The number of fused-ring (bicyclic) bond motifs is 23. The fourth-order valence-corrected chi connectivity index (χ4v) is 14.6. The Hall–Kier alpha value is -9.96. The van der Waals surface area contributed by atoms with Crippen LogP contribution in [0.2, 0.25) is 0 Å². The van der Waals surface area contributed by atoms with Crippen molar-refractivity contribution in [2.75, 3.05) is 9.80 Å². The molecule has 0 saturated heterocycles. The van der Waals surface area contributed by atoms with Crippen LogP contribution in [0.1, 0.15) is 47.2 Å². The van der Waals surface area contributed by atoms with Crippen LogP contribution in [0.3, 0.4) is 0 Å². The molecule has 12 aromatic carbocycles. The molecule has 0 saturated carbocycles. The SMILES string of the molecule is CC1(C)c2ccccc2-c2ccc(N(c3ccc4c(c3)-c3ccccc3-c3ccccc3N4c3ccccc3)c3ccc4c(c3)-c3ccccc3-c3ccccc3C43c4ccccc4-c4cc5c(cc43)oc3ccccc35)cc21. The number of nitrogens with zero attached hydrogens (tertiary/aromatic N) is 2. The molecule has 1 unspecified atom stereocenters. The van der Waals surface area contributed by atoms with Gasteiger partial charge in [-0.3, -0.25) is 0 Å². The maximum Gasteiger partial charge on any atom is 0.135 e. The highest BCUT2D eigenvalue weighted by Crippen LogP contribution is 2.63. The van der Waals surface area contributed by atoms with Gasteiger partial charge in [-0.15, -0.1) is 0 Å². The molecule has 0 fully saturated rings. The molecule has 3 nitrogen and oxygen atoms in total. The first-order valence-electron chi connectivity index (χ1n) is 27.6. The zero-order chi connectivity index (χ0) is 52.1. The van der Waals surface area contributed by atoms with E-state index in [-0.39, 0.29) is 5.41 Å². The van der Waals surface area contributed by atoms with Gasteiger partial charge in [-0.25, -0.2) is 0 Å². The van der Waals surface area contributed by atoms with E-state index in [9.17, 15) is 0 Å². The fourth-order valence-electron chi connectivity index (χ4n) is 14.6. The van der Waals surface area contributed by atoms with E-state index < -0.39 is 5.41 Å². The van der Waals surface area contributed by atoms with E-state index in [1.807, 2.05) is 0 Å². The van der Waals surface area contributed by atoms with Crippen molar-refractivity contribution in [3.8, 4) is 66.8 Å². The van der Waals surface area contributed by atoms with Crippen molar-refractivity contribution in [2.45, 2.75) is 24.7 Å². The minimum Gasteiger partial charge on any atom is -0.456 e. The first-order chi connectivity index (χ1) is 38.9. The molecule has 1 spiro atoms. The van der Waals surface area contributed by atoms with Gasteiger partial charge in [-0.1, -0.05) is 202 Å². The third-order valence-corrected chi connectivity index (χ3v) is 18.0. The van der Waals surface area contributed by atoms with E-state index in [0.717, 1.165) is 61.6 Å². The highest BCUT2D eigenvalue weighted by Gasteiger charge is 2.50. The summed E-state index contributed by atoms with van der Waals surface area (Å²) in [6.45, 7) is 4.77. The summed E-state index contributed by atoms with van der Waals surface area (Å²) in [5, 5.41) is 2.27. The Morgan fingerprint density at radius 1 is 0.291 bits per heavy atom. The van der Waals surface area contributed by atoms with Crippen LogP contribution < -0.4 is 9.80 Å². The Balaban J connectivity index is 0.954. The van der Waals surface area contributed by atoms with Crippen LogP contribution in [0.15, 0.2) is 271 Å². The van der Waals surface area contributed by atoms with Gasteiger partial charge in [0.25, 0.3) is 0 Å². The molecule has 2 heterocycles. The summed E-state index contributed by atoms with van der Waals surface area (Å²) in [5.41, 5.74) is 30.0. The molecule has 0 radical (unpaired) electrons. The lowest BCUT2D eigenvalue weighted by Gasteiger charge is -2.36. The number of hydrogen-bond acceptors (Lipinski definition) is 3. The molecule has 0 amide bonds. The van der Waals surface area contributed by atoms with Crippen LogP contribution in [0, 0.1) is 0 Å². The van der Waals surface area contributed by atoms with Crippen molar-refractivity contribution in [2.24, 2.45) is 0 Å². The first kappa shape index (κ1) is 44.2. The van der Waals surface area contributed by atoms with Crippen molar-refractivity contribution in [1.82, 2.24) is 0 Å². The number of furan rings is 1. The molecule has 1 aliphatic heterocycles. The third-order valence-electron chi connectivity index (χ3n) is 18.0. The standard InChI is InChI=1S/C76H50N2O/c1-75(2)65-31-15-10-27-56(65)58-39-36-50(44-69(58)75)77(49-38-41-72-63(43-49)54-25-9-7-23-52(54)59-29-13-18-34-71(59)78(72)47-20-4-3-5-21-47)48-37-40-68-61(42-48)53-24-8-6-22-51(53)55-26-11-16-32-66(55)76(68)67-33-17-12-28-57(67)62-45-64-60-30-14-19-35-73(60)79-74(64)46-70(62)76/h3-46H,1-2H3. The molecule has 17 rings (SSSR count). The largest absolute Gasteiger partial charge is 0.456 e. The molecule has 1 aromatic heterocycles. The Kier molecular flexibility index (Phi) is 9.11. The lowest BCUT2D eigenvalue weighted by atomic mass is 9.66. The van der Waals surface area contributed by atoms with Crippen LogP contribution in [0.5, 0.6) is 0 Å². The maximum atomic E-state index is 6.80. The van der Waals surface area contributed by atoms with Crippen LogP contribution in [0.25, 0.3) is 88.7 Å². The van der Waals surface area contributed by atoms with Crippen LogP contribution in [0.4, 0.5) is 34.1 Å². The highest BCUT2D eigenvalue weighted by atomic mass is 16.3. The van der Waals surface area contributed by atoms with Crippen molar-refractivity contribution in [3.63, 3.8) is 0 Å². The van der Waals surface area contributed by atoms with E-state index in [4.69, 9.17) is 4.42 Å². The Morgan fingerprint density at radius 3 is 1.49 bits per heavy atom. The Labute approximate surface area is 459 Å². The molecule has 0 N–H and O–H groups in total. The molecule has 4 aliphatic rings. The highest BCUT2D eigenvalue weighted by molar-refractivity contribution is 6.10. The number of hydrogen-bond donors (Lipinski definition) is 0. The minimum absolute atomic E-state index is 0.207. The van der Waals surface area contributed by atoms with Crippen LogP contribution in [-0.4, -0.2) is 0 Å². The van der Waals surface area contributed by atoms with E-state index >= 15 is 0 Å². The predicted molar refractivity (Wildman–Crippen MR) is 327 cm³/mol. The van der Waals surface area contributed by atoms with E-state index in [0.29, 0.717) is 0 Å². The molecule has 370 valence electrons. The van der Waals surface area contributed by atoms with Crippen LogP contribution >= 0.6 is 0 Å². The molecule has 3 heteroatoms. The van der Waals surface area contributed by atoms with Crippen LogP contribution in [-0.2, 0) is 10.8 Å². The number of anilines is 6. The van der Waals surface area contributed by atoms with Crippen molar-refractivity contribution >= 4 is 56.1 Å². The predicted octanol–water partition coefficient (Wildman–Crippen LogP) is 20.5. The van der Waals surface area contributed by atoms with Gasteiger partial charge in [0.15, 0.2) is 0 Å². The summed E-state index contributed by atoms with van der Waals surface area (Å²) in [7, 11) is 0. The Morgan fingerprint density at radius 2 is 0.759 bits per heavy atom. The van der Waals surface area contributed by atoms with E-state index in [1.54, 1.807) is 0 Å². The molecule has 3 aliphatic carbocycles. The third kappa shape index (κ3) is 6.02. The average Bonchev–Trinajstić information content (AvgIpc) is 2.76. The lowest BCUT2D eigenvalue weighted by molar-refractivity contribution is 0.660. The minimum atomic E-state index is -0.694. The summed E-state index contributed by atoms with van der Waals surface area (Å²) in [5.74, 6) is 0. The second-order valence-electron chi connectivity index (χ2n) is 22.3. The van der Waals surface area contributed by atoms with Gasteiger partial charge in [0.2, 0.25) is 0 Å². The van der Waals surface area contributed by atoms with Gasteiger partial charge < -0.3 is 14.2 Å². The number of rotatable bonds is 4. The lowest BCUT2D eigenvalue weighted by Crippen LogP contribution is -2.29. The zero-order valence-electron chi connectivity index (χ0n) is 43.7. The topological polar surface area (TPSA) is 19.6 Å². The molecule has 1 atom stereocenters. The summed E-state index contributed by atoms with van der Waals surface area (Å²) in [4.78, 5) is 4.97. The molecular weight excluding hydrogens is 957 g/mol. The fraction of sp³-hybridized carbons (Fsp3) is 0.0526. The summed E-state index contributed by atoms with van der Waals surface area (Å²) in [6, 6.07) is 99.9. The second-order valence-corrected chi connectivity index (χ2v) is 22.3. The first-order valence-corrected chi connectivity index (χ1v) is 27.6. The Bertz CT molecular complexity index is 4730. The molecule has 79 heavy (non-hydrogen) atoms. The maximum absolute atomic E-state index is 6.80. The van der Waals surface area contributed by atoms with Gasteiger partial charge >= 0.3 is 0 Å². The molecule has 13 aromatic rings. The normalized spacial score (nSPS) is 15.3.